The molecular formula is C7H15O3P. The largest absolute Gasteiger partial charge is 0.481 e. The molecule has 0 heterocycles. The lowest BCUT2D eigenvalue weighted by Crippen LogP contribution is -1.95. The summed E-state index contributed by atoms with van der Waals surface area (Å²) in [7, 11) is 0.753. The number of hydrogen-bond acceptors (Lipinski definition) is 2. The van der Waals surface area contributed by atoms with Crippen molar-refractivity contribution in [2.75, 3.05) is 19.1 Å². The predicted molar refractivity (Wildman–Crippen MR) is 46.5 cm³/mol. The maximum Gasteiger partial charge on any atom is 0.303 e. The van der Waals surface area contributed by atoms with Crippen LogP contribution in [0.5, 0.6) is 0 Å². The first-order valence-corrected chi connectivity index (χ1v) is 5.19. The molecule has 0 aliphatic heterocycles. The Kier molecular flexibility index (Phi) is 7.86. The van der Waals surface area contributed by atoms with Crippen LogP contribution >= 0.6 is 8.58 Å². The van der Waals surface area contributed by atoms with Crippen molar-refractivity contribution in [2.45, 2.75) is 19.8 Å². The number of aliphatic carboxylic acids is 1. The number of hydrogen-bond donors (Lipinski definition) is 1. The topological polar surface area (TPSA) is 46.5 Å². The first-order chi connectivity index (χ1) is 5.27. The highest BCUT2D eigenvalue weighted by atomic mass is 31.1. The fraction of sp³-hybridized carbons (Fsp3) is 0.857. The van der Waals surface area contributed by atoms with E-state index in [9.17, 15) is 4.79 Å². The summed E-state index contributed by atoms with van der Waals surface area (Å²) in [5, 5.41) is 8.29. The molecule has 0 aromatic heterocycles. The minimum absolute atomic E-state index is 0.291. The molecule has 1 N–H and O–H groups in total. The highest BCUT2D eigenvalue weighted by Gasteiger charge is 1.95. The molecule has 0 aliphatic carbocycles. The van der Waals surface area contributed by atoms with Crippen LogP contribution in [0, 0.1) is 0 Å². The molecular weight excluding hydrogens is 163 g/mol. The van der Waals surface area contributed by atoms with Crippen molar-refractivity contribution in [3.05, 3.63) is 0 Å². The second-order valence-electron chi connectivity index (χ2n) is 2.13. The molecule has 0 radical (unpaired) electrons. The molecule has 0 bridgehead atoms. The normalized spacial score (nSPS) is 11.0. The summed E-state index contributed by atoms with van der Waals surface area (Å²) in [6, 6.07) is 0. The van der Waals surface area contributed by atoms with Crippen molar-refractivity contribution in [1.82, 2.24) is 0 Å². The van der Waals surface area contributed by atoms with Gasteiger partial charge in [-0.25, -0.2) is 0 Å². The second kappa shape index (κ2) is 7.96. The third-order valence-electron chi connectivity index (χ3n) is 1.15. The van der Waals surface area contributed by atoms with E-state index in [1.165, 1.54) is 0 Å². The van der Waals surface area contributed by atoms with Crippen LogP contribution in [0.25, 0.3) is 0 Å². The van der Waals surface area contributed by atoms with Gasteiger partial charge in [-0.1, -0.05) is 8.58 Å². The standard InChI is InChI=1S/C7H15O3P/c1-2-10-6-11-5-3-4-7(8)9/h11H,2-6H2,1H3,(H,8,9). The van der Waals surface area contributed by atoms with Gasteiger partial charge in [-0.2, -0.15) is 0 Å². The zero-order valence-corrected chi connectivity index (χ0v) is 7.80. The summed E-state index contributed by atoms with van der Waals surface area (Å²) < 4.78 is 5.11. The Morgan fingerprint density at radius 3 is 2.91 bits per heavy atom. The number of ether oxygens (including phenoxy) is 1. The Bertz CT molecular complexity index is 106. The lowest BCUT2D eigenvalue weighted by molar-refractivity contribution is -0.137. The summed E-state index contributed by atoms with van der Waals surface area (Å²) in [5.74, 6) is -0.703. The average molecular weight is 178 g/mol. The second-order valence-corrected chi connectivity index (χ2v) is 3.42. The molecule has 0 fully saturated rings. The van der Waals surface area contributed by atoms with E-state index in [0.29, 0.717) is 6.42 Å². The van der Waals surface area contributed by atoms with Gasteiger partial charge >= 0.3 is 5.97 Å². The third kappa shape index (κ3) is 9.86. The van der Waals surface area contributed by atoms with Gasteiger partial charge in [0.2, 0.25) is 0 Å². The minimum Gasteiger partial charge on any atom is -0.481 e. The summed E-state index contributed by atoms with van der Waals surface area (Å²) >= 11 is 0. The molecule has 0 saturated carbocycles. The number of carbonyl (C=O) groups is 1. The fourth-order valence-electron chi connectivity index (χ4n) is 0.611. The quantitative estimate of drug-likeness (QED) is 0.475. The fourth-order valence-corrected chi connectivity index (χ4v) is 1.53. The SMILES string of the molecule is CCOCPCCCC(=O)O. The number of rotatable bonds is 7. The Hall–Kier alpha value is -0.140. The molecule has 1 atom stereocenters. The predicted octanol–water partition coefficient (Wildman–Crippen LogP) is 1.52. The van der Waals surface area contributed by atoms with Gasteiger partial charge in [0.15, 0.2) is 0 Å². The maximum atomic E-state index is 10.1. The Labute approximate surface area is 68.9 Å². The molecule has 0 spiro atoms. The lowest BCUT2D eigenvalue weighted by atomic mass is 10.3. The number of carboxylic acid groups (broad SMARTS) is 1. The van der Waals surface area contributed by atoms with Gasteiger partial charge in [0.1, 0.15) is 0 Å². The molecule has 1 unspecified atom stereocenters. The molecule has 0 amide bonds. The van der Waals surface area contributed by atoms with Gasteiger partial charge in [0, 0.05) is 13.0 Å². The highest BCUT2D eigenvalue weighted by Crippen LogP contribution is 2.11. The summed E-state index contributed by atoms with van der Waals surface area (Å²) in [4.78, 5) is 10.1. The summed E-state index contributed by atoms with van der Waals surface area (Å²) in [6.45, 7) is 2.72. The Balaban J connectivity index is 2.85. The molecule has 3 nitrogen and oxygen atoms in total. The van der Waals surface area contributed by atoms with Crippen molar-refractivity contribution >= 4 is 14.6 Å². The summed E-state index contributed by atoms with van der Waals surface area (Å²) in [5.41, 5.74) is 0. The number of carboxylic acids is 1. The molecule has 66 valence electrons. The average Bonchev–Trinajstić information content (AvgIpc) is 1.96. The van der Waals surface area contributed by atoms with Gasteiger partial charge in [-0.05, 0) is 19.5 Å². The lowest BCUT2D eigenvalue weighted by Gasteiger charge is -1.99. The van der Waals surface area contributed by atoms with Crippen molar-refractivity contribution in [1.29, 1.82) is 0 Å². The van der Waals surface area contributed by atoms with Crippen molar-refractivity contribution < 1.29 is 14.6 Å². The van der Waals surface area contributed by atoms with Crippen molar-refractivity contribution in [2.24, 2.45) is 0 Å². The Morgan fingerprint density at radius 1 is 1.64 bits per heavy atom. The van der Waals surface area contributed by atoms with Gasteiger partial charge in [-0.3, -0.25) is 4.79 Å². The van der Waals surface area contributed by atoms with E-state index in [0.717, 1.165) is 34.1 Å². The van der Waals surface area contributed by atoms with E-state index in [2.05, 4.69) is 0 Å². The van der Waals surface area contributed by atoms with Gasteiger partial charge in [-0.15, -0.1) is 0 Å². The van der Waals surface area contributed by atoms with Gasteiger partial charge in [0.05, 0.1) is 6.35 Å². The highest BCUT2D eigenvalue weighted by molar-refractivity contribution is 7.37. The molecule has 11 heavy (non-hydrogen) atoms. The first kappa shape index (κ1) is 10.9. The van der Waals surface area contributed by atoms with Crippen LogP contribution in [0.1, 0.15) is 19.8 Å². The van der Waals surface area contributed by atoms with Crippen molar-refractivity contribution in [3.8, 4) is 0 Å². The van der Waals surface area contributed by atoms with Crippen LogP contribution in [0.3, 0.4) is 0 Å². The van der Waals surface area contributed by atoms with E-state index < -0.39 is 5.97 Å². The molecule has 0 saturated heterocycles. The van der Waals surface area contributed by atoms with Crippen LogP contribution in [0.15, 0.2) is 0 Å². The monoisotopic (exact) mass is 178 g/mol. The Morgan fingerprint density at radius 2 is 2.36 bits per heavy atom. The third-order valence-corrected chi connectivity index (χ3v) is 2.27. The van der Waals surface area contributed by atoms with Crippen LogP contribution in [0.2, 0.25) is 0 Å². The van der Waals surface area contributed by atoms with Crippen LogP contribution in [-0.4, -0.2) is 30.2 Å². The molecule has 4 heteroatoms. The molecule has 0 aliphatic rings. The zero-order chi connectivity index (χ0) is 8.53. The smallest absolute Gasteiger partial charge is 0.303 e. The van der Waals surface area contributed by atoms with E-state index in [1.54, 1.807) is 0 Å². The molecule has 0 aromatic carbocycles. The van der Waals surface area contributed by atoms with Crippen LogP contribution < -0.4 is 0 Å². The van der Waals surface area contributed by atoms with E-state index >= 15 is 0 Å². The van der Waals surface area contributed by atoms with E-state index in [4.69, 9.17) is 9.84 Å². The summed E-state index contributed by atoms with van der Waals surface area (Å²) in [6.07, 6.45) is 2.84. The van der Waals surface area contributed by atoms with E-state index in [-0.39, 0.29) is 0 Å². The van der Waals surface area contributed by atoms with E-state index in [1.807, 2.05) is 6.92 Å². The van der Waals surface area contributed by atoms with Gasteiger partial charge in [0.25, 0.3) is 0 Å². The van der Waals surface area contributed by atoms with Crippen molar-refractivity contribution in [3.63, 3.8) is 0 Å². The molecule has 0 rings (SSSR count). The first-order valence-electron chi connectivity index (χ1n) is 3.77. The minimum atomic E-state index is -0.703. The van der Waals surface area contributed by atoms with Gasteiger partial charge < -0.3 is 9.84 Å². The van der Waals surface area contributed by atoms with Crippen LogP contribution in [-0.2, 0) is 9.53 Å². The molecule has 0 aromatic rings. The van der Waals surface area contributed by atoms with Crippen LogP contribution in [0.4, 0.5) is 0 Å². The maximum absolute atomic E-state index is 10.1. The zero-order valence-electron chi connectivity index (χ0n) is 6.80.